The Labute approximate surface area is 145 Å². The molecule has 0 bridgehead atoms. The zero-order valence-corrected chi connectivity index (χ0v) is 15.2. The first-order valence-corrected chi connectivity index (χ1v) is 8.79. The van der Waals surface area contributed by atoms with Gasteiger partial charge in [0.2, 0.25) is 0 Å². The van der Waals surface area contributed by atoms with Gasteiger partial charge in [0.1, 0.15) is 5.75 Å². The normalized spacial score (nSPS) is 20.0. The molecule has 1 amide bonds. The molecule has 1 saturated heterocycles. The van der Waals surface area contributed by atoms with Gasteiger partial charge in [-0.1, -0.05) is 26.0 Å². The van der Waals surface area contributed by atoms with Crippen LogP contribution in [-0.4, -0.2) is 55.8 Å². The molecule has 5 nitrogen and oxygen atoms in total. The third-order valence-electron chi connectivity index (χ3n) is 4.02. The van der Waals surface area contributed by atoms with Crippen LogP contribution in [0.1, 0.15) is 26.3 Å². The van der Waals surface area contributed by atoms with E-state index in [9.17, 15) is 4.79 Å². The molecule has 0 spiro atoms. The average Bonchev–Trinajstić information content (AvgIpc) is 2.52. The minimum absolute atomic E-state index is 0.0487. The van der Waals surface area contributed by atoms with Crippen LogP contribution < -0.4 is 10.1 Å². The molecule has 2 atom stereocenters. The van der Waals surface area contributed by atoms with Crippen LogP contribution >= 0.6 is 0 Å². The van der Waals surface area contributed by atoms with Crippen LogP contribution in [0, 0.1) is 12.8 Å². The van der Waals surface area contributed by atoms with Gasteiger partial charge in [-0.15, -0.1) is 0 Å². The summed E-state index contributed by atoms with van der Waals surface area (Å²) < 4.78 is 11.5. The second kappa shape index (κ2) is 9.04. The van der Waals surface area contributed by atoms with Gasteiger partial charge in [0, 0.05) is 26.2 Å². The molecule has 1 aromatic rings. The van der Waals surface area contributed by atoms with E-state index < -0.39 is 6.10 Å². The molecule has 0 aliphatic carbocycles. The van der Waals surface area contributed by atoms with Gasteiger partial charge in [0.15, 0.2) is 6.10 Å². The van der Waals surface area contributed by atoms with E-state index in [4.69, 9.17) is 9.47 Å². The van der Waals surface area contributed by atoms with E-state index in [-0.39, 0.29) is 12.0 Å². The number of benzene rings is 1. The molecule has 1 N–H and O–H groups in total. The van der Waals surface area contributed by atoms with Gasteiger partial charge in [-0.2, -0.15) is 0 Å². The van der Waals surface area contributed by atoms with E-state index >= 15 is 0 Å². The smallest absolute Gasteiger partial charge is 0.260 e. The second-order valence-electron chi connectivity index (χ2n) is 6.97. The molecule has 1 aliphatic rings. The maximum atomic E-state index is 12.2. The number of rotatable bonds is 7. The summed E-state index contributed by atoms with van der Waals surface area (Å²) in [5, 5.41) is 2.95. The van der Waals surface area contributed by atoms with Crippen molar-refractivity contribution in [2.24, 2.45) is 5.92 Å². The molecule has 0 radical (unpaired) electrons. The Morgan fingerprint density at radius 1 is 1.42 bits per heavy atom. The van der Waals surface area contributed by atoms with Crippen molar-refractivity contribution in [1.82, 2.24) is 10.2 Å². The predicted octanol–water partition coefficient (Wildman–Crippen LogP) is 2.24. The van der Waals surface area contributed by atoms with Crippen molar-refractivity contribution >= 4 is 5.91 Å². The standard InChI is InChI=1S/C19H30N2O3/c1-14(2)12-21-8-9-23-18(13-21)11-20-19(22)16(4)24-17-7-5-6-15(3)10-17/h5-7,10,14,16,18H,8-9,11-13H2,1-4H3,(H,20,22). The zero-order chi connectivity index (χ0) is 17.5. The highest BCUT2D eigenvalue weighted by Crippen LogP contribution is 2.14. The average molecular weight is 334 g/mol. The summed E-state index contributed by atoms with van der Waals surface area (Å²) in [6.07, 6.45) is -0.477. The molecule has 1 aromatic carbocycles. The van der Waals surface area contributed by atoms with Gasteiger partial charge >= 0.3 is 0 Å². The first-order chi connectivity index (χ1) is 11.4. The summed E-state index contributed by atoms with van der Waals surface area (Å²) in [5.74, 6) is 1.25. The van der Waals surface area contributed by atoms with Crippen LogP contribution in [0.3, 0.4) is 0 Å². The Morgan fingerprint density at radius 3 is 2.92 bits per heavy atom. The van der Waals surface area contributed by atoms with E-state index in [1.54, 1.807) is 6.92 Å². The maximum absolute atomic E-state index is 12.2. The van der Waals surface area contributed by atoms with E-state index in [1.807, 2.05) is 31.2 Å². The van der Waals surface area contributed by atoms with E-state index in [0.29, 0.717) is 12.5 Å². The zero-order valence-electron chi connectivity index (χ0n) is 15.2. The number of hydrogen-bond acceptors (Lipinski definition) is 4. The maximum Gasteiger partial charge on any atom is 0.260 e. The van der Waals surface area contributed by atoms with Crippen LogP contribution in [-0.2, 0) is 9.53 Å². The number of nitrogens with zero attached hydrogens (tertiary/aromatic N) is 1. The Kier molecular flexibility index (Phi) is 7.06. The van der Waals surface area contributed by atoms with Crippen LogP contribution in [0.5, 0.6) is 5.75 Å². The molecule has 24 heavy (non-hydrogen) atoms. The van der Waals surface area contributed by atoms with Gasteiger partial charge in [0.25, 0.3) is 5.91 Å². The summed E-state index contributed by atoms with van der Waals surface area (Å²) in [6, 6.07) is 7.72. The lowest BCUT2D eigenvalue weighted by Crippen LogP contribution is -2.49. The summed E-state index contributed by atoms with van der Waals surface area (Å²) in [4.78, 5) is 14.6. The van der Waals surface area contributed by atoms with Gasteiger partial charge in [0.05, 0.1) is 12.7 Å². The second-order valence-corrected chi connectivity index (χ2v) is 6.97. The SMILES string of the molecule is Cc1cccc(OC(C)C(=O)NCC2CN(CC(C)C)CCO2)c1. The molecule has 0 aromatic heterocycles. The minimum Gasteiger partial charge on any atom is -0.481 e. The molecular weight excluding hydrogens is 304 g/mol. The summed E-state index contributed by atoms with van der Waals surface area (Å²) in [6.45, 7) is 12.4. The highest BCUT2D eigenvalue weighted by molar-refractivity contribution is 5.80. The minimum atomic E-state index is -0.526. The summed E-state index contributed by atoms with van der Waals surface area (Å²) >= 11 is 0. The molecule has 0 saturated carbocycles. The Bertz CT molecular complexity index is 533. The molecule has 5 heteroatoms. The molecule has 134 valence electrons. The lowest BCUT2D eigenvalue weighted by molar-refractivity contribution is -0.128. The monoisotopic (exact) mass is 334 g/mol. The Balaban J connectivity index is 1.75. The van der Waals surface area contributed by atoms with Crippen molar-refractivity contribution in [3.8, 4) is 5.75 Å². The van der Waals surface area contributed by atoms with Crippen molar-refractivity contribution < 1.29 is 14.3 Å². The number of carbonyl (C=O) groups excluding carboxylic acids is 1. The van der Waals surface area contributed by atoms with Gasteiger partial charge in [-0.3, -0.25) is 9.69 Å². The van der Waals surface area contributed by atoms with Crippen molar-refractivity contribution in [3.63, 3.8) is 0 Å². The number of hydrogen-bond donors (Lipinski definition) is 1. The van der Waals surface area contributed by atoms with Crippen molar-refractivity contribution in [2.45, 2.75) is 39.9 Å². The van der Waals surface area contributed by atoms with Crippen LogP contribution in [0.4, 0.5) is 0 Å². The highest BCUT2D eigenvalue weighted by atomic mass is 16.5. The fourth-order valence-corrected chi connectivity index (χ4v) is 2.89. The molecule has 1 heterocycles. The number of ether oxygens (including phenoxy) is 2. The number of aryl methyl sites for hydroxylation is 1. The van der Waals surface area contributed by atoms with Crippen LogP contribution in [0.2, 0.25) is 0 Å². The van der Waals surface area contributed by atoms with E-state index in [0.717, 1.165) is 37.6 Å². The van der Waals surface area contributed by atoms with Gasteiger partial charge in [-0.25, -0.2) is 0 Å². The number of morpholine rings is 1. The topological polar surface area (TPSA) is 50.8 Å². The lowest BCUT2D eigenvalue weighted by Gasteiger charge is -2.34. The summed E-state index contributed by atoms with van der Waals surface area (Å²) in [5.41, 5.74) is 1.11. The van der Waals surface area contributed by atoms with Crippen LogP contribution in [0.15, 0.2) is 24.3 Å². The largest absolute Gasteiger partial charge is 0.481 e. The predicted molar refractivity (Wildman–Crippen MR) is 95.3 cm³/mol. The number of carbonyl (C=O) groups is 1. The molecule has 2 unspecified atom stereocenters. The van der Waals surface area contributed by atoms with Crippen molar-refractivity contribution in [1.29, 1.82) is 0 Å². The van der Waals surface area contributed by atoms with Crippen molar-refractivity contribution in [2.75, 3.05) is 32.8 Å². The van der Waals surface area contributed by atoms with Gasteiger partial charge < -0.3 is 14.8 Å². The molecular formula is C19H30N2O3. The molecule has 2 rings (SSSR count). The van der Waals surface area contributed by atoms with Crippen molar-refractivity contribution in [3.05, 3.63) is 29.8 Å². The first kappa shape index (κ1) is 18.7. The first-order valence-electron chi connectivity index (χ1n) is 8.79. The third-order valence-corrected chi connectivity index (χ3v) is 4.02. The van der Waals surface area contributed by atoms with E-state index in [1.165, 1.54) is 0 Å². The molecule has 1 fully saturated rings. The quantitative estimate of drug-likeness (QED) is 0.831. The van der Waals surface area contributed by atoms with E-state index in [2.05, 4.69) is 24.1 Å². The summed E-state index contributed by atoms with van der Waals surface area (Å²) in [7, 11) is 0. The Morgan fingerprint density at radius 2 is 2.21 bits per heavy atom. The lowest BCUT2D eigenvalue weighted by atomic mass is 10.2. The fraction of sp³-hybridized carbons (Fsp3) is 0.632. The fourth-order valence-electron chi connectivity index (χ4n) is 2.89. The van der Waals surface area contributed by atoms with Gasteiger partial charge in [-0.05, 0) is 37.5 Å². The highest BCUT2D eigenvalue weighted by Gasteiger charge is 2.22. The molecule has 1 aliphatic heterocycles. The van der Waals surface area contributed by atoms with Crippen LogP contribution in [0.25, 0.3) is 0 Å². The number of nitrogens with one attached hydrogen (secondary N) is 1. The Hall–Kier alpha value is -1.59. The number of amides is 1. The third kappa shape index (κ3) is 6.13.